The van der Waals surface area contributed by atoms with Crippen molar-refractivity contribution in [2.75, 3.05) is 6.61 Å². The van der Waals surface area contributed by atoms with Gasteiger partial charge in [-0.25, -0.2) is 0 Å². The normalized spacial score (nSPS) is 30.6. The first-order valence-electron chi connectivity index (χ1n) is 8.01. The summed E-state index contributed by atoms with van der Waals surface area (Å²) in [7, 11) is 0. The number of aromatic nitrogens is 2. The topological polar surface area (TPSA) is 64.4 Å². The highest BCUT2D eigenvalue weighted by Crippen LogP contribution is 2.38. The van der Waals surface area contributed by atoms with Crippen LogP contribution in [0.5, 0.6) is 0 Å². The second kappa shape index (κ2) is 5.79. The Morgan fingerprint density at radius 3 is 2.86 bits per heavy atom. The van der Waals surface area contributed by atoms with Gasteiger partial charge in [0.2, 0.25) is 0 Å². The van der Waals surface area contributed by atoms with Gasteiger partial charge in [0.15, 0.2) is 0 Å². The van der Waals surface area contributed by atoms with Crippen LogP contribution in [0.25, 0.3) is 0 Å². The molecule has 1 N–H and O–H groups in total. The fourth-order valence-electron chi connectivity index (χ4n) is 3.71. The van der Waals surface area contributed by atoms with Gasteiger partial charge < -0.3 is 9.84 Å². The maximum absolute atomic E-state index is 11.7. The summed E-state index contributed by atoms with van der Waals surface area (Å²) in [4.78, 5) is 11.7. The summed E-state index contributed by atoms with van der Waals surface area (Å²) in [5.74, 6) is -0.764. The molecule has 1 saturated heterocycles. The van der Waals surface area contributed by atoms with Gasteiger partial charge in [-0.15, -0.1) is 0 Å². The SMILES string of the molecule is CC1OCCC1(Cc1ccn(C2CCCCC2)n1)C(=O)O. The Morgan fingerprint density at radius 2 is 2.24 bits per heavy atom. The average Bonchev–Trinajstić information content (AvgIpc) is 3.09. The van der Waals surface area contributed by atoms with Crippen molar-refractivity contribution in [2.24, 2.45) is 5.41 Å². The monoisotopic (exact) mass is 292 g/mol. The molecule has 5 nitrogen and oxygen atoms in total. The molecule has 1 aliphatic carbocycles. The number of nitrogens with zero attached hydrogens (tertiary/aromatic N) is 2. The van der Waals surface area contributed by atoms with Gasteiger partial charge in [-0.05, 0) is 32.3 Å². The predicted octanol–water partition coefficient (Wildman–Crippen LogP) is 2.81. The lowest BCUT2D eigenvalue weighted by Gasteiger charge is -2.26. The van der Waals surface area contributed by atoms with E-state index >= 15 is 0 Å². The Bertz CT molecular complexity index is 507. The standard InChI is InChI=1S/C16H24N2O3/c1-12-16(15(19)20,8-10-21-12)11-13-7-9-18(17-13)14-5-3-2-4-6-14/h7,9,12,14H,2-6,8,10-11H2,1H3,(H,19,20). The van der Waals surface area contributed by atoms with E-state index in [1.165, 1.54) is 32.1 Å². The van der Waals surface area contributed by atoms with Gasteiger partial charge in [-0.2, -0.15) is 5.10 Å². The van der Waals surface area contributed by atoms with Crippen LogP contribution < -0.4 is 0 Å². The molecular weight excluding hydrogens is 268 g/mol. The molecule has 0 amide bonds. The molecule has 2 unspecified atom stereocenters. The second-order valence-corrected chi connectivity index (χ2v) is 6.48. The lowest BCUT2D eigenvalue weighted by atomic mass is 9.77. The van der Waals surface area contributed by atoms with Crippen LogP contribution in [0, 0.1) is 5.41 Å². The van der Waals surface area contributed by atoms with Crippen LogP contribution in [-0.2, 0) is 16.0 Å². The molecular formula is C16H24N2O3. The lowest BCUT2D eigenvalue weighted by molar-refractivity contribution is -0.151. The molecule has 1 aromatic heterocycles. The Morgan fingerprint density at radius 1 is 1.48 bits per heavy atom. The fraction of sp³-hybridized carbons (Fsp3) is 0.750. The maximum atomic E-state index is 11.7. The molecule has 0 spiro atoms. The molecule has 21 heavy (non-hydrogen) atoms. The molecule has 1 aromatic rings. The van der Waals surface area contributed by atoms with Crippen molar-refractivity contribution in [3.63, 3.8) is 0 Å². The maximum Gasteiger partial charge on any atom is 0.312 e. The van der Waals surface area contributed by atoms with E-state index in [1.807, 2.05) is 23.9 Å². The van der Waals surface area contributed by atoms with Crippen LogP contribution in [0.2, 0.25) is 0 Å². The summed E-state index contributed by atoms with van der Waals surface area (Å²) in [6, 6.07) is 2.47. The smallest absolute Gasteiger partial charge is 0.312 e. The molecule has 116 valence electrons. The molecule has 3 rings (SSSR count). The Labute approximate surface area is 125 Å². The summed E-state index contributed by atoms with van der Waals surface area (Å²) < 4.78 is 7.56. The van der Waals surface area contributed by atoms with Crippen LogP contribution in [0.15, 0.2) is 12.3 Å². The van der Waals surface area contributed by atoms with Gasteiger partial charge in [-0.3, -0.25) is 9.48 Å². The molecule has 2 atom stereocenters. The van der Waals surface area contributed by atoms with Crippen LogP contribution in [0.1, 0.15) is 57.2 Å². The third-order valence-electron chi connectivity index (χ3n) is 5.23. The first kappa shape index (κ1) is 14.6. The van der Waals surface area contributed by atoms with Crippen LogP contribution in [0.4, 0.5) is 0 Å². The predicted molar refractivity (Wildman–Crippen MR) is 78.2 cm³/mol. The minimum Gasteiger partial charge on any atom is -0.481 e. The highest BCUT2D eigenvalue weighted by atomic mass is 16.5. The summed E-state index contributed by atoms with van der Waals surface area (Å²) in [5, 5.41) is 14.3. The van der Waals surface area contributed by atoms with Gasteiger partial charge in [0.1, 0.15) is 5.41 Å². The van der Waals surface area contributed by atoms with Crippen LogP contribution >= 0.6 is 0 Å². The minimum absolute atomic E-state index is 0.255. The first-order chi connectivity index (χ1) is 10.1. The van der Waals surface area contributed by atoms with Crippen LogP contribution in [-0.4, -0.2) is 33.6 Å². The third kappa shape index (κ3) is 2.71. The Balaban J connectivity index is 1.75. The van der Waals surface area contributed by atoms with Crippen molar-refractivity contribution in [2.45, 2.75) is 64.0 Å². The number of ether oxygens (including phenoxy) is 1. The highest BCUT2D eigenvalue weighted by molar-refractivity contribution is 5.76. The quantitative estimate of drug-likeness (QED) is 0.926. The Hall–Kier alpha value is -1.36. The van der Waals surface area contributed by atoms with Gasteiger partial charge >= 0.3 is 5.97 Å². The molecule has 0 radical (unpaired) electrons. The largest absolute Gasteiger partial charge is 0.481 e. The number of hydrogen-bond donors (Lipinski definition) is 1. The van der Waals surface area contributed by atoms with Gasteiger partial charge in [-0.1, -0.05) is 19.3 Å². The first-order valence-corrected chi connectivity index (χ1v) is 8.01. The molecule has 2 heterocycles. The molecule has 1 aliphatic heterocycles. The van der Waals surface area contributed by atoms with Gasteiger partial charge in [0, 0.05) is 19.2 Å². The second-order valence-electron chi connectivity index (χ2n) is 6.48. The van der Waals surface area contributed by atoms with E-state index in [2.05, 4.69) is 5.10 Å². The minimum atomic E-state index is -0.814. The van der Waals surface area contributed by atoms with E-state index in [0.29, 0.717) is 25.5 Å². The number of carboxylic acids is 1. The van der Waals surface area contributed by atoms with Crippen molar-refractivity contribution in [1.82, 2.24) is 9.78 Å². The number of rotatable bonds is 4. The zero-order chi connectivity index (χ0) is 14.9. The molecule has 2 aliphatic rings. The van der Waals surface area contributed by atoms with Gasteiger partial charge in [0.25, 0.3) is 0 Å². The number of hydrogen-bond acceptors (Lipinski definition) is 3. The molecule has 0 bridgehead atoms. The van der Waals surface area contributed by atoms with Crippen molar-refractivity contribution in [3.05, 3.63) is 18.0 Å². The zero-order valence-corrected chi connectivity index (χ0v) is 12.6. The average molecular weight is 292 g/mol. The molecule has 5 heteroatoms. The summed E-state index contributed by atoms with van der Waals surface area (Å²) in [6.45, 7) is 2.38. The van der Waals surface area contributed by atoms with E-state index in [0.717, 1.165) is 5.69 Å². The zero-order valence-electron chi connectivity index (χ0n) is 12.6. The molecule has 2 fully saturated rings. The number of carboxylic acid groups (broad SMARTS) is 1. The van der Waals surface area contributed by atoms with E-state index in [1.54, 1.807) is 0 Å². The van der Waals surface area contributed by atoms with E-state index < -0.39 is 11.4 Å². The van der Waals surface area contributed by atoms with E-state index in [4.69, 9.17) is 4.74 Å². The van der Waals surface area contributed by atoms with Crippen LogP contribution in [0.3, 0.4) is 0 Å². The van der Waals surface area contributed by atoms with Crippen molar-refractivity contribution in [1.29, 1.82) is 0 Å². The fourth-order valence-corrected chi connectivity index (χ4v) is 3.71. The summed E-state index contributed by atoms with van der Waals surface area (Å²) >= 11 is 0. The van der Waals surface area contributed by atoms with E-state index in [-0.39, 0.29) is 6.10 Å². The summed E-state index contributed by atoms with van der Waals surface area (Å²) in [5.41, 5.74) is 0.0616. The number of carbonyl (C=O) groups is 1. The highest BCUT2D eigenvalue weighted by Gasteiger charge is 2.48. The third-order valence-corrected chi connectivity index (χ3v) is 5.23. The van der Waals surface area contributed by atoms with Crippen molar-refractivity contribution < 1.29 is 14.6 Å². The van der Waals surface area contributed by atoms with E-state index in [9.17, 15) is 9.90 Å². The summed E-state index contributed by atoms with van der Waals surface area (Å²) in [6.07, 6.45) is 9.02. The lowest BCUT2D eigenvalue weighted by Crippen LogP contribution is -2.39. The number of aliphatic carboxylic acids is 1. The van der Waals surface area contributed by atoms with Crippen molar-refractivity contribution >= 4 is 5.97 Å². The van der Waals surface area contributed by atoms with Gasteiger partial charge in [0.05, 0.1) is 17.8 Å². The Kier molecular flexibility index (Phi) is 4.02. The molecule has 0 aromatic carbocycles. The molecule has 1 saturated carbocycles. The van der Waals surface area contributed by atoms with Crippen molar-refractivity contribution in [3.8, 4) is 0 Å².